The minimum atomic E-state index is -0.527. The zero-order valence-corrected chi connectivity index (χ0v) is 18.1. The highest BCUT2D eigenvalue weighted by Gasteiger charge is 2.46. The molecule has 2 unspecified atom stereocenters. The molecule has 1 aromatic heterocycles. The van der Waals surface area contributed by atoms with Crippen molar-refractivity contribution < 1.29 is 9.59 Å². The maximum atomic E-state index is 13.2. The molecule has 0 spiro atoms. The molecule has 1 saturated carbocycles. The van der Waals surface area contributed by atoms with E-state index in [0.29, 0.717) is 44.8 Å². The Balaban J connectivity index is 1.53. The summed E-state index contributed by atoms with van der Waals surface area (Å²) in [5.74, 6) is 0.998. The van der Waals surface area contributed by atoms with Crippen LogP contribution in [0.3, 0.4) is 0 Å². The van der Waals surface area contributed by atoms with Gasteiger partial charge in [-0.15, -0.1) is 6.58 Å². The standard InChI is InChI=1S/C25H30N4O2/c1-3-9-28-24(31)25(7-10-29(11-8-25)23(30)22-12-18(22)2)14-19-5-4-6-20(13-19)21-15-26-17-27-16-21/h3-6,13,15-18,22H,1,7-12,14H2,2H3,(H,28,31). The smallest absolute Gasteiger partial charge is 0.226 e. The Kier molecular flexibility index (Phi) is 6.16. The van der Waals surface area contributed by atoms with E-state index >= 15 is 0 Å². The molecule has 2 heterocycles. The molecule has 6 nitrogen and oxygen atoms in total. The molecule has 1 aliphatic heterocycles. The fourth-order valence-corrected chi connectivity index (χ4v) is 4.59. The minimum Gasteiger partial charge on any atom is -0.352 e. The zero-order chi connectivity index (χ0) is 21.8. The topological polar surface area (TPSA) is 75.2 Å². The van der Waals surface area contributed by atoms with Crippen molar-refractivity contribution in [1.82, 2.24) is 20.2 Å². The highest BCUT2D eigenvalue weighted by atomic mass is 16.2. The zero-order valence-electron chi connectivity index (χ0n) is 18.1. The molecule has 4 rings (SSSR count). The molecule has 2 fully saturated rings. The highest BCUT2D eigenvalue weighted by Crippen LogP contribution is 2.42. The summed E-state index contributed by atoms with van der Waals surface area (Å²) in [5.41, 5.74) is 2.56. The van der Waals surface area contributed by atoms with Crippen LogP contribution in [0.4, 0.5) is 0 Å². The summed E-state index contributed by atoms with van der Waals surface area (Å²) in [5, 5.41) is 3.02. The third-order valence-electron chi connectivity index (χ3n) is 6.71. The highest BCUT2D eigenvalue weighted by molar-refractivity contribution is 5.85. The van der Waals surface area contributed by atoms with Gasteiger partial charge in [0.2, 0.25) is 11.8 Å². The van der Waals surface area contributed by atoms with Crippen LogP contribution in [0.25, 0.3) is 11.1 Å². The van der Waals surface area contributed by atoms with Crippen LogP contribution >= 0.6 is 0 Å². The Morgan fingerprint density at radius 1 is 1.23 bits per heavy atom. The molecule has 2 aliphatic rings. The van der Waals surface area contributed by atoms with Gasteiger partial charge in [0.1, 0.15) is 6.33 Å². The summed E-state index contributed by atoms with van der Waals surface area (Å²) in [4.78, 5) is 36.1. The third kappa shape index (κ3) is 4.68. The summed E-state index contributed by atoms with van der Waals surface area (Å²) in [6.07, 6.45) is 9.78. The van der Waals surface area contributed by atoms with Gasteiger partial charge in [-0.2, -0.15) is 0 Å². The van der Waals surface area contributed by atoms with Crippen LogP contribution in [0.15, 0.2) is 55.6 Å². The van der Waals surface area contributed by atoms with Crippen LogP contribution in [0.1, 0.15) is 31.7 Å². The number of likely N-dealkylation sites (tertiary alicyclic amines) is 1. The first kappa shape index (κ1) is 21.2. The summed E-state index contributed by atoms with van der Waals surface area (Å²) in [7, 11) is 0. The molecule has 1 aliphatic carbocycles. The molecule has 6 heteroatoms. The van der Waals surface area contributed by atoms with E-state index < -0.39 is 5.41 Å². The van der Waals surface area contributed by atoms with Crippen LogP contribution < -0.4 is 5.32 Å². The molecule has 162 valence electrons. The summed E-state index contributed by atoms with van der Waals surface area (Å²) in [6, 6.07) is 8.23. The maximum Gasteiger partial charge on any atom is 0.226 e. The van der Waals surface area contributed by atoms with Crippen molar-refractivity contribution in [3.05, 3.63) is 61.2 Å². The van der Waals surface area contributed by atoms with Crippen LogP contribution in [0, 0.1) is 17.3 Å². The van der Waals surface area contributed by atoms with Crippen LogP contribution in [0.2, 0.25) is 0 Å². The average molecular weight is 419 g/mol. The molecule has 2 aromatic rings. The lowest BCUT2D eigenvalue weighted by molar-refractivity contribution is -0.141. The van der Waals surface area contributed by atoms with E-state index in [9.17, 15) is 9.59 Å². The molecule has 0 radical (unpaired) electrons. The van der Waals surface area contributed by atoms with Crippen LogP contribution in [-0.4, -0.2) is 46.3 Å². The van der Waals surface area contributed by atoms with E-state index in [0.717, 1.165) is 23.1 Å². The van der Waals surface area contributed by atoms with Crippen molar-refractivity contribution in [3.8, 4) is 11.1 Å². The lowest BCUT2D eigenvalue weighted by Gasteiger charge is -2.41. The Hall–Kier alpha value is -3.02. The predicted molar refractivity (Wildman–Crippen MR) is 120 cm³/mol. The van der Waals surface area contributed by atoms with Gasteiger partial charge in [-0.05, 0) is 42.7 Å². The first-order valence-corrected chi connectivity index (χ1v) is 11.0. The first-order valence-electron chi connectivity index (χ1n) is 11.0. The number of carbonyl (C=O) groups is 2. The number of nitrogens with zero attached hydrogens (tertiary/aromatic N) is 3. The molecular weight excluding hydrogens is 388 g/mol. The predicted octanol–water partition coefficient (Wildman–Crippen LogP) is 3.25. The van der Waals surface area contributed by atoms with Gasteiger partial charge in [0, 0.05) is 43.5 Å². The normalized spacial score (nSPS) is 21.9. The summed E-state index contributed by atoms with van der Waals surface area (Å²) in [6.45, 7) is 7.57. The van der Waals surface area contributed by atoms with Gasteiger partial charge in [-0.25, -0.2) is 9.97 Å². The quantitative estimate of drug-likeness (QED) is 0.701. The van der Waals surface area contributed by atoms with Crippen molar-refractivity contribution in [2.75, 3.05) is 19.6 Å². The second-order valence-electron chi connectivity index (χ2n) is 8.93. The van der Waals surface area contributed by atoms with E-state index in [2.05, 4.69) is 40.9 Å². The number of carbonyl (C=O) groups excluding carboxylic acids is 2. The largest absolute Gasteiger partial charge is 0.352 e. The maximum absolute atomic E-state index is 13.2. The molecule has 31 heavy (non-hydrogen) atoms. The van der Waals surface area contributed by atoms with Gasteiger partial charge < -0.3 is 10.2 Å². The number of benzene rings is 1. The molecule has 1 aromatic carbocycles. The molecule has 1 saturated heterocycles. The fourth-order valence-electron chi connectivity index (χ4n) is 4.59. The number of rotatable bonds is 7. The van der Waals surface area contributed by atoms with Gasteiger partial charge in [-0.1, -0.05) is 37.3 Å². The van der Waals surface area contributed by atoms with Crippen molar-refractivity contribution in [3.63, 3.8) is 0 Å². The van der Waals surface area contributed by atoms with E-state index in [1.54, 1.807) is 18.5 Å². The lowest BCUT2D eigenvalue weighted by atomic mass is 9.72. The van der Waals surface area contributed by atoms with E-state index in [1.807, 2.05) is 17.0 Å². The second kappa shape index (κ2) is 9.00. The number of piperidine rings is 1. The Labute approximate surface area is 183 Å². The minimum absolute atomic E-state index is 0.0488. The van der Waals surface area contributed by atoms with Crippen LogP contribution in [0.5, 0.6) is 0 Å². The van der Waals surface area contributed by atoms with Crippen LogP contribution in [-0.2, 0) is 16.0 Å². The van der Waals surface area contributed by atoms with E-state index in [1.165, 1.54) is 6.33 Å². The van der Waals surface area contributed by atoms with Gasteiger partial charge >= 0.3 is 0 Å². The molecule has 2 atom stereocenters. The number of aromatic nitrogens is 2. The van der Waals surface area contributed by atoms with E-state index in [4.69, 9.17) is 0 Å². The summed E-state index contributed by atoms with van der Waals surface area (Å²) >= 11 is 0. The number of nitrogens with one attached hydrogen (secondary N) is 1. The Morgan fingerprint density at radius 3 is 2.58 bits per heavy atom. The Morgan fingerprint density at radius 2 is 1.94 bits per heavy atom. The van der Waals surface area contributed by atoms with E-state index in [-0.39, 0.29) is 17.7 Å². The molecule has 1 N–H and O–H groups in total. The van der Waals surface area contributed by atoms with Crippen molar-refractivity contribution in [2.45, 2.75) is 32.6 Å². The number of hydrogen-bond acceptors (Lipinski definition) is 4. The Bertz CT molecular complexity index is 951. The van der Waals surface area contributed by atoms with Gasteiger partial charge in [0.05, 0.1) is 5.41 Å². The van der Waals surface area contributed by atoms with Crippen molar-refractivity contribution >= 4 is 11.8 Å². The molecule has 2 amide bonds. The first-order chi connectivity index (χ1) is 15.0. The monoisotopic (exact) mass is 418 g/mol. The SMILES string of the molecule is C=CCNC(=O)C1(Cc2cccc(-c3cncnc3)c2)CCN(C(=O)C2CC2C)CC1. The number of amides is 2. The average Bonchev–Trinajstić information content (AvgIpc) is 3.54. The van der Waals surface area contributed by atoms with Crippen molar-refractivity contribution in [1.29, 1.82) is 0 Å². The van der Waals surface area contributed by atoms with Gasteiger partial charge in [0.15, 0.2) is 0 Å². The van der Waals surface area contributed by atoms with Crippen molar-refractivity contribution in [2.24, 2.45) is 17.3 Å². The molecule has 0 bridgehead atoms. The number of hydrogen-bond donors (Lipinski definition) is 1. The fraction of sp³-hybridized carbons (Fsp3) is 0.440. The third-order valence-corrected chi connectivity index (χ3v) is 6.71. The lowest BCUT2D eigenvalue weighted by Crippen LogP contribution is -2.51. The van der Waals surface area contributed by atoms with Gasteiger partial charge in [0.25, 0.3) is 0 Å². The summed E-state index contributed by atoms with van der Waals surface area (Å²) < 4.78 is 0. The molecular formula is C25H30N4O2. The van der Waals surface area contributed by atoms with Gasteiger partial charge in [-0.3, -0.25) is 9.59 Å². The second-order valence-corrected chi connectivity index (χ2v) is 8.93.